The summed E-state index contributed by atoms with van der Waals surface area (Å²) in [6, 6.07) is 0.294. The zero-order chi connectivity index (χ0) is 22.1. The third-order valence-electron chi connectivity index (χ3n) is 5.59. The molecule has 1 atom stereocenters. The Bertz CT molecular complexity index is 712. The van der Waals surface area contributed by atoms with E-state index < -0.39 is 0 Å². The van der Waals surface area contributed by atoms with Gasteiger partial charge in [0.15, 0.2) is 0 Å². The van der Waals surface area contributed by atoms with Crippen molar-refractivity contribution in [2.45, 2.75) is 64.5 Å². The second-order valence-corrected chi connectivity index (χ2v) is 8.50. The van der Waals surface area contributed by atoms with Crippen LogP contribution in [0, 0.1) is 5.92 Å². The van der Waals surface area contributed by atoms with Gasteiger partial charge in [0.25, 0.3) is 0 Å². The van der Waals surface area contributed by atoms with E-state index in [1.54, 1.807) is 13.2 Å². The van der Waals surface area contributed by atoms with Crippen LogP contribution in [0.2, 0.25) is 0 Å². The van der Waals surface area contributed by atoms with Crippen LogP contribution in [0.1, 0.15) is 63.6 Å². The maximum absolute atomic E-state index is 9.89. The largest absolute Gasteiger partial charge is 0.476 e. The quantitative estimate of drug-likeness (QED) is 0.447. The first-order valence-electron chi connectivity index (χ1n) is 11.1. The molecule has 0 saturated heterocycles. The molecule has 1 aliphatic carbocycles. The monoisotopic (exact) mass is 417 g/mol. The molecule has 0 radical (unpaired) electrons. The summed E-state index contributed by atoms with van der Waals surface area (Å²) < 4.78 is 5.97. The fraction of sp³-hybridized carbons (Fsp3) is 0.696. The van der Waals surface area contributed by atoms with E-state index >= 15 is 0 Å². The van der Waals surface area contributed by atoms with E-state index in [9.17, 15) is 5.11 Å². The summed E-state index contributed by atoms with van der Waals surface area (Å²) in [5, 5.41) is 13.3. The normalized spacial score (nSPS) is 20.8. The molecule has 168 valence electrons. The molecule has 0 aliphatic heterocycles. The number of rotatable bonds is 10. The predicted molar refractivity (Wildman–Crippen MR) is 124 cm³/mol. The molecule has 1 aromatic rings. The number of hydrogen-bond donors (Lipinski definition) is 2. The van der Waals surface area contributed by atoms with Crippen LogP contribution >= 0.6 is 0 Å². The number of nitrogens with zero attached hydrogens (tertiary/aromatic N) is 4. The molecule has 1 fully saturated rings. The van der Waals surface area contributed by atoms with Crippen LogP contribution < -0.4 is 5.32 Å². The summed E-state index contributed by atoms with van der Waals surface area (Å²) in [6.45, 7) is 10.0. The van der Waals surface area contributed by atoms with Gasteiger partial charge in [0, 0.05) is 25.8 Å². The Morgan fingerprint density at radius 1 is 1.37 bits per heavy atom. The average Bonchev–Trinajstić information content (AvgIpc) is 2.71. The second kappa shape index (κ2) is 12.0. The Labute approximate surface area is 181 Å². The van der Waals surface area contributed by atoms with Gasteiger partial charge >= 0.3 is 0 Å². The van der Waals surface area contributed by atoms with Crippen molar-refractivity contribution in [3.63, 3.8) is 0 Å². The molecule has 0 spiro atoms. The standard InChI is InChI=1S/C23H39N5O2/c1-7-8-16(2)26-23-25-15-20(22(24-4)30-14-13-28(5)6)21(27-23)17(3)18-9-11-19(29)12-10-18/h15-16,18-19,29H,3,7-14H2,1-2,4-6H3,(H,25,26,27). The van der Waals surface area contributed by atoms with Crippen LogP contribution in [0.3, 0.4) is 0 Å². The van der Waals surface area contributed by atoms with Gasteiger partial charge in [0.05, 0.1) is 17.4 Å². The van der Waals surface area contributed by atoms with Crippen LogP contribution in [-0.4, -0.2) is 72.3 Å². The highest BCUT2D eigenvalue weighted by molar-refractivity contribution is 5.98. The van der Waals surface area contributed by atoms with Crippen LogP contribution in [0.25, 0.3) is 5.57 Å². The Kier molecular flexibility index (Phi) is 9.72. The number of anilines is 1. The average molecular weight is 418 g/mol. The molecule has 2 rings (SSSR count). The summed E-state index contributed by atoms with van der Waals surface area (Å²) in [7, 11) is 5.75. The fourth-order valence-corrected chi connectivity index (χ4v) is 3.78. The maximum atomic E-state index is 9.89. The first-order valence-corrected chi connectivity index (χ1v) is 11.1. The molecule has 7 nitrogen and oxygen atoms in total. The van der Waals surface area contributed by atoms with Gasteiger partial charge in [-0.05, 0) is 64.6 Å². The number of allylic oxidation sites excluding steroid dienone is 1. The molecule has 0 bridgehead atoms. The van der Waals surface area contributed by atoms with Gasteiger partial charge in [-0.25, -0.2) is 9.97 Å². The van der Waals surface area contributed by atoms with Crippen molar-refractivity contribution < 1.29 is 9.84 Å². The number of ether oxygens (including phenoxy) is 1. The molecule has 1 aliphatic rings. The van der Waals surface area contributed by atoms with Gasteiger partial charge in [-0.3, -0.25) is 4.99 Å². The molecule has 1 heterocycles. The van der Waals surface area contributed by atoms with Gasteiger partial charge in [-0.1, -0.05) is 19.9 Å². The number of nitrogens with one attached hydrogen (secondary N) is 1. The van der Waals surface area contributed by atoms with Crippen LogP contribution in [0.4, 0.5) is 5.95 Å². The van der Waals surface area contributed by atoms with Gasteiger partial charge in [-0.15, -0.1) is 0 Å². The summed E-state index contributed by atoms with van der Waals surface area (Å²) in [6.07, 6.45) is 7.18. The van der Waals surface area contributed by atoms with Gasteiger partial charge < -0.3 is 20.1 Å². The van der Waals surface area contributed by atoms with Gasteiger partial charge in [-0.2, -0.15) is 0 Å². The first-order chi connectivity index (χ1) is 14.3. The maximum Gasteiger partial charge on any atom is 0.223 e. The molecule has 1 saturated carbocycles. The lowest BCUT2D eigenvalue weighted by atomic mass is 9.81. The molecular formula is C23H39N5O2. The van der Waals surface area contributed by atoms with Crippen LogP contribution in [0.5, 0.6) is 0 Å². The lowest BCUT2D eigenvalue weighted by Crippen LogP contribution is -2.24. The third-order valence-corrected chi connectivity index (χ3v) is 5.59. The zero-order valence-corrected chi connectivity index (χ0v) is 19.3. The highest BCUT2D eigenvalue weighted by Crippen LogP contribution is 2.35. The van der Waals surface area contributed by atoms with E-state index in [4.69, 9.17) is 9.72 Å². The summed E-state index contributed by atoms with van der Waals surface area (Å²) >= 11 is 0. The van der Waals surface area contributed by atoms with E-state index in [0.29, 0.717) is 30.4 Å². The number of aromatic nitrogens is 2. The lowest BCUT2D eigenvalue weighted by Gasteiger charge is -2.28. The molecule has 1 aromatic heterocycles. The first kappa shape index (κ1) is 24.3. The van der Waals surface area contributed by atoms with Crippen LogP contribution in [-0.2, 0) is 4.74 Å². The van der Waals surface area contributed by atoms with E-state index in [0.717, 1.165) is 61.9 Å². The molecule has 2 N–H and O–H groups in total. The molecule has 30 heavy (non-hydrogen) atoms. The Hall–Kier alpha value is -1.99. The lowest BCUT2D eigenvalue weighted by molar-refractivity contribution is 0.119. The number of aliphatic hydroxyl groups is 1. The molecule has 7 heteroatoms. The molecule has 1 unspecified atom stereocenters. The minimum Gasteiger partial charge on any atom is -0.476 e. The minimum atomic E-state index is -0.201. The van der Waals surface area contributed by atoms with Crippen LogP contribution in [0.15, 0.2) is 17.8 Å². The van der Waals surface area contributed by atoms with Crippen molar-refractivity contribution in [3.8, 4) is 0 Å². The SMILES string of the molecule is C=C(c1nc(NC(C)CCC)ncc1C(=NC)OCCN(C)C)C1CCC(O)CC1. The summed E-state index contributed by atoms with van der Waals surface area (Å²) in [4.78, 5) is 15.8. The molecule has 0 amide bonds. The zero-order valence-electron chi connectivity index (χ0n) is 19.3. The van der Waals surface area contributed by atoms with Gasteiger partial charge in [0.1, 0.15) is 6.61 Å². The van der Waals surface area contributed by atoms with Crippen molar-refractivity contribution in [3.05, 3.63) is 24.0 Å². The molecule has 0 aromatic carbocycles. The van der Waals surface area contributed by atoms with Crippen molar-refractivity contribution in [2.75, 3.05) is 39.6 Å². The highest BCUT2D eigenvalue weighted by atomic mass is 16.5. The minimum absolute atomic E-state index is 0.201. The highest BCUT2D eigenvalue weighted by Gasteiger charge is 2.26. The second-order valence-electron chi connectivity index (χ2n) is 8.50. The Morgan fingerprint density at radius 3 is 2.67 bits per heavy atom. The summed E-state index contributed by atoms with van der Waals surface area (Å²) in [5.41, 5.74) is 2.55. The van der Waals surface area contributed by atoms with E-state index in [1.807, 2.05) is 14.1 Å². The number of aliphatic imine (C=N–C) groups is 1. The van der Waals surface area contributed by atoms with Crippen molar-refractivity contribution in [1.29, 1.82) is 0 Å². The Morgan fingerprint density at radius 2 is 2.07 bits per heavy atom. The third kappa shape index (κ3) is 7.06. The smallest absolute Gasteiger partial charge is 0.223 e. The molecular weight excluding hydrogens is 378 g/mol. The Balaban J connectivity index is 2.30. The number of hydrogen-bond acceptors (Lipinski definition) is 7. The van der Waals surface area contributed by atoms with E-state index in [2.05, 4.69) is 40.6 Å². The van der Waals surface area contributed by atoms with E-state index in [-0.39, 0.29) is 6.10 Å². The topological polar surface area (TPSA) is 82.9 Å². The van der Waals surface area contributed by atoms with Crippen molar-refractivity contribution in [1.82, 2.24) is 14.9 Å². The van der Waals surface area contributed by atoms with Gasteiger partial charge in [0.2, 0.25) is 11.8 Å². The van der Waals surface area contributed by atoms with Crippen molar-refractivity contribution in [2.24, 2.45) is 10.9 Å². The number of likely N-dealkylation sites (N-methyl/N-ethyl adjacent to an activating group) is 1. The number of aliphatic hydroxyl groups excluding tert-OH is 1. The van der Waals surface area contributed by atoms with E-state index in [1.165, 1.54) is 0 Å². The predicted octanol–water partition coefficient (Wildman–Crippen LogP) is 3.60. The van der Waals surface area contributed by atoms with Crippen molar-refractivity contribution >= 4 is 17.4 Å². The fourth-order valence-electron chi connectivity index (χ4n) is 3.78. The summed E-state index contributed by atoms with van der Waals surface area (Å²) in [5.74, 6) is 1.44.